The van der Waals surface area contributed by atoms with Crippen LogP contribution < -0.4 is 5.32 Å². The van der Waals surface area contributed by atoms with E-state index in [9.17, 15) is 14.4 Å². The summed E-state index contributed by atoms with van der Waals surface area (Å²) in [4.78, 5) is 43.1. The maximum absolute atomic E-state index is 13.4. The van der Waals surface area contributed by atoms with Crippen LogP contribution in [0.4, 0.5) is 0 Å². The van der Waals surface area contributed by atoms with Crippen LogP contribution in [0.1, 0.15) is 57.5 Å². The van der Waals surface area contributed by atoms with Gasteiger partial charge in [-0.05, 0) is 69.2 Å². The van der Waals surface area contributed by atoms with E-state index < -0.39 is 6.04 Å². The van der Waals surface area contributed by atoms with Crippen LogP contribution in [0.25, 0.3) is 0 Å². The van der Waals surface area contributed by atoms with Crippen molar-refractivity contribution in [3.8, 4) is 0 Å². The highest BCUT2D eigenvalue weighted by molar-refractivity contribution is 5.99. The number of nitrogens with zero attached hydrogens (tertiary/aromatic N) is 2. The second kappa shape index (κ2) is 10.2. The van der Waals surface area contributed by atoms with Gasteiger partial charge in [-0.1, -0.05) is 35.9 Å². The number of rotatable bonds is 5. The summed E-state index contributed by atoms with van der Waals surface area (Å²) >= 11 is 0. The number of benzene rings is 2. The minimum absolute atomic E-state index is 0.00753. The number of amides is 3. The quantitative estimate of drug-likeness (QED) is 0.762. The minimum atomic E-state index is -0.563. The van der Waals surface area contributed by atoms with Gasteiger partial charge in [0.05, 0.1) is 0 Å². The van der Waals surface area contributed by atoms with Gasteiger partial charge in [0.25, 0.3) is 11.8 Å². The summed E-state index contributed by atoms with van der Waals surface area (Å²) in [7, 11) is 0. The number of aryl methyl sites for hydroxylation is 2. The van der Waals surface area contributed by atoms with E-state index in [0.29, 0.717) is 37.1 Å². The van der Waals surface area contributed by atoms with Crippen LogP contribution in [-0.2, 0) is 4.79 Å². The van der Waals surface area contributed by atoms with Crippen LogP contribution in [0.3, 0.4) is 0 Å². The van der Waals surface area contributed by atoms with Crippen LogP contribution in [-0.4, -0.2) is 59.7 Å². The van der Waals surface area contributed by atoms with E-state index in [1.54, 1.807) is 6.07 Å². The molecule has 0 aliphatic carbocycles. The largest absolute Gasteiger partial charge is 0.341 e. The van der Waals surface area contributed by atoms with Gasteiger partial charge < -0.3 is 15.1 Å². The number of nitrogens with one attached hydrogen (secondary N) is 1. The SMILES string of the molecule is Cc1ccc(C(=O)N2CCC([C@H](NC(=O)c3ccccc3C)C(=O)N3CCCC3)CC2)cc1. The zero-order chi connectivity index (χ0) is 23.4. The van der Waals surface area contributed by atoms with E-state index in [1.165, 1.54) is 0 Å². The molecule has 6 heteroatoms. The first-order chi connectivity index (χ1) is 15.9. The fourth-order valence-electron chi connectivity index (χ4n) is 4.88. The molecule has 2 aromatic carbocycles. The predicted molar refractivity (Wildman–Crippen MR) is 128 cm³/mol. The molecular formula is C27H33N3O3. The number of piperidine rings is 1. The number of hydrogen-bond donors (Lipinski definition) is 1. The lowest BCUT2D eigenvalue weighted by molar-refractivity contribution is -0.134. The Kier molecular flexibility index (Phi) is 7.11. The third-order valence-corrected chi connectivity index (χ3v) is 6.96. The van der Waals surface area contributed by atoms with E-state index in [-0.39, 0.29) is 23.6 Å². The molecule has 0 aromatic heterocycles. The van der Waals surface area contributed by atoms with Gasteiger partial charge in [0.1, 0.15) is 6.04 Å². The molecule has 2 fully saturated rings. The molecule has 2 aromatic rings. The molecule has 174 valence electrons. The van der Waals surface area contributed by atoms with E-state index in [1.807, 2.05) is 66.1 Å². The average molecular weight is 448 g/mol. The number of likely N-dealkylation sites (tertiary alicyclic amines) is 2. The van der Waals surface area contributed by atoms with Gasteiger partial charge in [-0.15, -0.1) is 0 Å². The zero-order valence-electron chi connectivity index (χ0n) is 19.5. The van der Waals surface area contributed by atoms with Gasteiger partial charge >= 0.3 is 0 Å². The Balaban J connectivity index is 1.46. The van der Waals surface area contributed by atoms with E-state index in [0.717, 1.165) is 37.1 Å². The summed E-state index contributed by atoms with van der Waals surface area (Å²) in [6.45, 7) is 6.58. The zero-order valence-corrected chi connectivity index (χ0v) is 19.5. The average Bonchev–Trinajstić information content (AvgIpc) is 3.38. The molecule has 0 saturated carbocycles. The lowest BCUT2D eigenvalue weighted by atomic mass is 9.87. The lowest BCUT2D eigenvalue weighted by Crippen LogP contribution is -2.54. The second-order valence-corrected chi connectivity index (χ2v) is 9.29. The van der Waals surface area contributed by atoms with E-state index >= 15 is 0 Å². The molecule has 0 spiro atoms. The highest BCUT2D eigenvalue weighted by Crippen LogP contribution is 2.25. The maximum Gasteiger partial charge on any atom is 0.253 e. The molecular weight excluding hydrogens is 414 g/mol. The second-order valence-electron chi connectivity index (χ2n) is 9.29. The van der Waals surface area contributed by atoms with Gasteiger partial charge in [-0.25, -0.2) is 0 Å². The molecule has 4 rings (SSSR count). The molecule has 33 heavy (non-hydrogen) atoms. The van der Waals surface area contributed by atoms with Gasteiger partial charge in [0.2, 0.25) is 5.91 Å². The molecule has 2 heterocycles. The highest BCUT2D eigenvalue weighted by Gasteiger charge is 2.37. The molecule has 0 unspecified atom stereocenters. The molecule has 1 atom stereocenters. The van der Waals surface area contributed by atoms with Crippen LogP contribution in [0.5, 0.6) is 0 Å². The standard InChI is InChI=1S/C27H33N3O3/c1-19-9-11-22(12-10-19)26(32)30-17-13-21(14-18-30)24(27(33)29-15-5-6-16-29)28-25(31)23-8-4-3-7-20(23)2/h3-4,7-12,21,24H,5-6,13-18H2,1-2H3,(H,28,31)/t24-/m0/s1. The fraction of sp³-hybridized carbons (Fsp3) is 0.444. The minimum Gasteiger partial charge on any atom is -0.341 e. The predicted octanol–water partition coefficient (Wildman–Crippen LogP) is 3.58. The first kappa shape index (κ1) is 23.0. The molecule has 6 nitrogen and oxygen atoms in total. The first-order valence-electron chi connectivity index (χ1n) is 12.0. The summed E-state index contributed by atoms with van der Waals surface area (Å²) < 4.78 is 0. The van der Waals surface area contributed by atoms with Crippen LogP contribution in [0, 0.1) is 19.8 Å². The summed E-state index contributed by atoms with van der Waals surface area (Å²) in [6.07, 6.45) is 3.40. The Morgan fingerprint density at radius 1 is 0.848 bits per heavy atom. The Bertz CT molecular complexity index is 1000. The lowest BCUT2D eigenvalue weighted by Gasteiger charge is -2.37. The monoisotopic (exact) mass is 447 g/mol. The van der Waals surface area contributed by atoms with Gasteiger partial charge in [-0.2, -0.15) is 0 Å². The Morgan fingerprint density at radius 2 is 1.48 bits per heavy atom. The first-order valence-corrected chi connectivity index (χ1v) is 12.0. The number of carbonyl (C=O) groups excluding carboxylic acids is 3. The molecule has 3 amide bonds. The summed E-state index contributed by atoms with van der Waals surface area (Å²) in [5, 5.41) is 3.07. The molecule has 2 saturated heterocycles. The smallest absolute Gasteiger partial charge is 0.253 e. The molecule has 2 aliphatic rings. The maximum atomic E-state index is 13.4. The normalized spacial score (nSPS) is 17.6. The van der Waals surface area contributed by atoms with Crippen LogP contribution >= 0.6 is 0 Å². The van der Waals surface area contributed by atoms with Crippen molar-refractivity contribution in [2.75, 3.05) is 26.2 Å². The Labute approximate surface area is 196 Å². The van der Waals surface area contributed by atoms with Crippen molar-refractivity contribution in [3.05, 3.63) is 70.8 Å². The van der Waals surface area contributed by atoms with Crippen molar-refractivity contribution in [3.63, 3.8) is 0 Å². The number of hydrogen-bond acceptors (Lipinski definition) is 3. The summed E-state index contributed by atoms with van der Waals surface area (Å²) in [6, 6.07) is 14.5. The molecule has 2 aliphatic heterocycles. The summed E-state index contributed by atoms with van der Waals surface area (Å²) in [5.74, 6) is -0.158. The third-order valence-electron chi connectivity index (χ3n) is 6.96. The molecule has 0 bridgehead atoms. The van der Waals surface area contributed by atoms with Crippen molar-refractivity contribution in [2.24, 2.45) is 5.92 Å². The fourth-order valence-corrected chi connectivity index (χ4v) is 4.88. The summed E-state index contributed by atoms with van der Waals surface area (Å²) in [5.41, 5.74) is 3.30. The van der Waals surface area contributed by atoms with E-state index in [2.05, 4.69) is 5.32 Å². The third kappa shape index (κ3) is 5.27. The van der Waals surface area contributed by atoms with Gasteiger partial charge in [0.15, 0.2) is 0 Å². The van der Waals surface area contributed by atoms with Crippen molar-refractivity contribution in [2.45, 2.75) is 45.6 Å². The van der Waals surface area contributed by atoms with Crippen LogP contribution in [0.15, 0.2) is 48.5 Å². The number of carbonyl (C=O) groups is 3. The van der Waals surface area contributed by atoms with Gasteiger partial charge in [-0.3, -0.25) is 14.4 Å². The molecule has 1 N–H and O–H groups in total. The molecule has 0 radical (unpaired) electrons. The topological polar surface area (TPSA) is 69.7 Å². The van der Waals surface area contributed by atoms with Crippen molar-refractivity contribution in [1.82, 2.24) is 15.1 Å². The van der Waals surface area contributed by atoms with Crippen molar-refractivity contribution < 1.29 is 14.4 Å². The van der Waals surface area contributed by atoms with Gasteiger partial charge in [0, 0.05) is 37.3 Å². The van der Waals surface area contributed by atoms with E-state index in [4.69, 9.17) is 0 Å². The van der Waals surface area contributed by atoms with Crippen molar-refractivity contribution >= 4 is 17.7 Å². The Hall–Kier alpha value is -3.15. The van der Waals surface area contributed by atoms with Crippen LogP contribution in [0.2, 0.25) is 0 Å². The van der Waals surface area contributed by atoms with Crippen molar-refractivity contribution in [1.29, 1.82) is 0 Å². The highest BCUT2D eigenvalue weighted by atomic mass is 16.2. The Morgan fingerprint density at radius 3 is 2.12 bits per heavy atom.